The molecule has 0 radical (unpaired) electrons. The fourth-order valence-electron chi connectivity index (χ4n) is 3.22. The second-order valence-electron chi connectivity index (χ2n) is 6.31. The predicted octanol–water partition coefficient (Wildman–Crippen LogP) is 2.68. The topological polar surface area (TPSA) is 87.2 Å². The summed E-state index contributed by atoms with van der Waals surface area (Å²) in [6.45, 7) is 0.480. The number of nitrogens with zero attached hydrogens (tertiary/aromatic N) is 1. The number of ether oxygens (including phenoxy) is 1. The number of imidazole rings is 1. The average molecular weight is 349 g/mol. The van der Waals surface area contributed by atoms with Gasteiger partial charge in [-0.05, 0) is 23.3 Å². The van der Waals surface area contributed by atoms with Gasteiger partial charge in [0.05, 0.1) is 18.1 Å². The number of aromatic nitrogens is 2. The molecule has 0 spiro atoms. The summed E-state index contributed by atoms with van der Waals surface area (Å²) in [7, 11) is 0. The lowest BCUT2D eigenvalue weighted by Gasteiger charge is -2.28. The SMILES string of the molecule is O=C(O)[C@@H]1Cc2[nH]cnc2[C@H](c2cccc(OCc3ccccc3)c2)N1. The van der Waals surface area contributed by atoms with E-state index in [1.165, 1.54) is 0 Å². The molecule has 1 aromatic heterocycles. The molecule has 0 saturated carbocycles. The number of carbonyl (C=O) groups is 1. The van der Waals surface area contributed by atoms with Gasteiger partial charge in [-0.15, -0.1) is 0 Å². The molecular formula is C20H19N3O3. The second kappa shape index (κ2) is 7.01. The number of aromatic amines is 1. The molecule has 2 heterocycles. The summed E-state index contributed by atoms with van der Waals surface area (Å²) in [6.07, 6.45) is 2.00. The lowest BCUT2D eigenvalue weighted by molar-refractivity contribution is -0.139. The quantitative estimate of drug-likeness (QED) is 0.659. The summed E-state index contributed by atoms with van der Waals surface area (Å²) in [5, 5.41) is 12.6. The fraction of sp³-hybridized carbons (Fsp3) is 0.200. The molecule has 3 N–H and O–H groups in total. The maximum atomic E-state index is 11.5. The minimum atomic E-state index is -0.869. The van der Waals surface area contributed by atoms with E-state index in [-0.39, 0.29) is 6.04 Å². The summed E-state index contributed by atoms with van der Waals surface area (Å²) in [4.78, 5) is 18.9. The molecule has 6 nitrogen and oxygen atoms in total. The Morgan fingerprint density at radius 2 is 2.04 bits per heavy atom. The first kappa shape index (κ1) is 16.4. The van der Waals surface area contributed by atoms with Gasteiger partial charge in [-0.25, -0.2) is 4.98 Å². The third-order valence-corrected chi connectivity index (χ3v) is 4.54. The Morgan fingerprint density at radius 3 is 2.85 bits per heavy atom. The number of hydrogen-bond donors (Lipinski definition) is 3. The molecule has 3 aromatic rings. The van der Waals surface area contributed by atoms with E-state index in [0.717, 1.165) is 28.3 Å². The first-order valence-corrected chi connectivity index (χ1v) is 8.48. The van der Waals surface area contributed by atoms with Gasteiger partial charge in [-0.1, -0.05) is 42.5 Å². The highest BCUT2D eigenvalue weighted by Gasteiger charge is 2.33. The third-order valence-electron chi connectivity index (χ3n) is 4.54. The first-order valence-electron chi connectivity index (χ1n) is 8.48. The standard InChI is InChI=1S/C20H19N3O3/c24-20(25)17-10-16-19(22-12-21-16)18(23-17)14-7-4-8-15(9-14)26-11-13-5-2-1-3-6-13/h1-9,12,17-18,23H,10-11H2,(H,21,22)(H,24,25)/t17-,18-/m0/s1. The number of benzene rings is 2. The van der Waals surface area contributed by atoms with Crippen LogP contribution in [0, 0.1) is 0 Å². The van der Waals surface area contributed by atoms with Gasteiger partial charge in [-0.2, -0.15) is 0 Å². The van der Waals surface area contributed by atoms with Crippen molar-refractivity contribution < 1.29 is 14.6 Å². The van der Waals surface area contributed by atoms with Gasteiger partial charge in [0.2, 0.25) is 0 Å². The summed E-state index contributed by atoms with van der Waals surface area (Å²) >= 11 is 0. The van der Waals surface area contributed by atoms with Crippen LogP contribution < -0.4 is 10.1 Å². The van der Waals surface area contributed by atoms with Crippen molar-refractivity contribution in [2.45, 2.75) is 25.1 Å². The molecule has 0 unspecified atom stereocenters. The zero-order chi connectivity index (χ0) is 17.9. The number of carboxylic acids is 1. The van der Waals surface area contributed by atoms with Gasteiger partial charge in [0.1, 0.15) is 18.4 Å². The van der Waals surface area contributed by atoms with Crippen molar-refractivity contribution in [2.24, 2.45) is 0 Å². The summed E-state index contributed by atoms with van der Waals surface area (Å²) in [5.74, 6) is -0.130. The van der Waals surface area contributed by atoms with Crippen molar-refractivity contribution in [1.29, 1.82) is 0 Å². The molecule has 2 aromatic carbocycles. The van der Waals surface area contributed by atoms with Gasteiger partial charge in [0, 0.05) is 12.1 Å². The molecule has 1 aliphatic rings. The van der Waals surface area contributed by atoms with E-state index < -0.39 is 12.0 Å². The Kier molecular flexibility index (Phi) is 4.41. The van der Waals surface area contributed by atoms with Gasteiger partial charge in [0.15, 0.2) is 0 Å². The van der Waals surface area contributed by atoms with E-state index >= 15 is 0 Å². The summed E-state index contributed by atoms with van der Waals surface area (Å²) < 4.78 is 5.89. The van der Waals surface area contributed by atoms with Crippen LogP contribution in [0.2, 0.25) is 0 Å². The van der Waals surface area contributed by atoms with Crippen LogP contribution >= 0.6 is 0 Å². The van der Waals surface area contributed by atoms with Crippen LogP contribution in [0.25, 0.3) is 0 Å². The molecule has 132 valence electrons. The Morgan fingerprint density at radius 1 is 1.19 bits per heavy atom. The average Bonchev–Trinajstić information content (AvgIpc) is 3.15. The van der Waals surface area contributed by atoms with Gasteiger partial charge < -0.3 is 14.8 Å². The van der Waals surface area contributed by atoms with Crippen LogP contribution in [0.15, 0.2) is 60.9 Å². The number of hydrogen-bond acceptors (Lipinski definition) is 4. The molecule has 26 heavy (non-hydrogen) atoms. The lowest BCUT2D eigenvalue weighted by Crippen LogP contribution is -2.45. The van der Waals surface area contributed by atoms with Crippen molar-refractivity contribution in [3.8, 4) is 5.75 Å². The Bertz CT molecular complexity index is 907. The Balaban J connectivity index is 1.57. The van der Waals surface area contributed by atoms with E-state index in [0.29, 0.717) is 13.0 Å². The highest BCUT2D eigenvalue weighted by Crippen LogP contribution is 2.30. The van der Waals surface area contributed by atoms with Crippen LogP contribution in [0.1, 0.15) is 28.6 Å². The smallest absolute Gasteiger partial charge is 0.321 e. The molecule has 0 fully saturated rings. The second-order valence-corrected chi connectivity index (χ2v) is 6.31. The summed E-state index contributed by atoms with van der Waals surface area (Å²) in [6, 6.07) is 16.7. The molecular weight excluding hydrogens is 330 g/mol. The van der Waals surface area contributed by atoms with Crippen LogP contribution in [-0.2, 0) is 17.8 Å². The van der Waals surface area contributed by atoms with Crippen molar-refractivity contribution >= 4 is 5.97 Å². The third kappa shape index (κ3) is 3.32. The van der Waals surface area contributed by atoms with Crippen LogP contribution in [0.3, 0.4) is 0 Å². The molecule has 0 aliphatic carbocycles. The number of H-pyrrole nitrogens is 1. The largest absolute Gasteiger partial charge is 0.489 e. The predicted molar refractivity (Wildman–Crippen MR) is 95.9 cm³/mol. The van der Waals surface area contributed by atoms with E-state index in [2.05, 4.69) is 15.3 Å². The number of carboxylic acid groups (broad SMARTS) is 1. The molecule has 0 bridgehead atoms. The van der Waals surface area contributed by atoms with Gasteiger partial charge >= 0.3 is 5.97 Å². The van der Waals surface area contributed by atoms with Crippen LogP contribution in [0.5, 0.6) is 5.75 Å². The van der Waals surface area contributed by atoms with E-state index in [9.17, 15) is 9.90 Å². The first-order chi connectivity index (χ1) is 12.7. The van der Waals surface area contributed by atoms with E-state index in [1.807, 2.05) is 54.6 Å². The fourth-order valence-corrected chi connectivity index (χ4v) is 3.22. The molecule has 4 rings (SSSR count). The number of fused-ring (bicyclic) bond motifs is 1. The van der Waals surface area contributed by atoms with Gasteiger partial charge in [-0.3, -0.25) is 10.1 Å². The van der Waals surface area contributed by atoms with Crippen molar-refractivity contribution in [3.05, 3.63) is 83.4 Å². The minimum absolute atomic E-state index is 0.286. The summed E-state index contributed by atoms with van der Waals surface area (Å²) in [5.41, 5.74) is 3.71. The highest BCUT2D eigenvalue weighted by molar-refractivity contribution is 5.74. The molecule has 0 amide bonds. The molecule has 2 atom stereocenters. The van der Waals surface area contributed by atoms with Gasteiger partial charge in [0.25, 0.3) is 0 Å². The minimum Gasteiger partial charge on any atom is -0.489 e. The monoisotopic (exact) mass is 349 g/mol. The zero-order valence-electron chi connectivity index (χ0n) is 14.1. The lowest BCUT2D eigenvalue weighted by atomic mass is 9.94. The highest BCUT2D eigenvalue weighted by atomic mass is 16.5. The van der Waals surface area contributed by atoms with Crippen molar-refractivity contribution in [2.75, 3.05) is 0 Å². The Hall–Kier alpha value is -3.12. The van der Waals surface area contributed by atoms with E-state index in [4.69, 9.17) is 4.74 Å². The molecule has 6 heteroatoms. The van der Waals surface area contributed by atoms with Crippen molar-refractivity contribution in [1.82, 2.24) is 15.3 Å². The maximum Gasteiger partial charge on any atom is 0.321 e. The maximum absolute atomic E-state index is 11.5. The number of nitrogens with one attached hydrogen (secondary N) is 2. The number of rotatable bonds is 5. The molecule has 0 saturated heterocycles. The zero-order valence-corrected chi connectivity index (χ0v) is 14.1. The van der Waals surface area contributed by atoms with Crippen molar-refractivity contribution in [3.63, 3.8) is 0 Å². The van der Waals surface area contributed by atoms with Crippen LogP contribution in [0.4, 0.5) is 0 Å². The Labute approximate surface area is 150 Å². The van der Waals surface area contributed by atoms with Crippen LogP contribution in [-0.4, -0.2) is 27.1 Å². The normalized spacial score (nSPS) is 18.9. The van der Waals surface area contributed by atoms with E-state index in [1.54, 1.807) is 6.33 Å². The molecule has 1 aliphatic heterocycles. The number of aliphatic carboxylic acids is 1.